The first-order valence-electron chi connectivity index (χ1n) is 4.03. The quantitative estimate of drug-likeness (QED) is 0.814. The molecule has 0 unspecified atom stereocenters. The predicted molar refractivity (Wildman–Crippen MR) is 46.4 cm³/mol. The van der Waals surface area contributed by atoms with E-state index in [1.807, 2.05) is 0 Å². The number of methoxy groups -OCH3 is 1. The second-order valence-corrected chi connectivity index (χ2v) is 2.79. The van der Waals surface area contributed by atoms with Gasteiger partial charge in [-0.3, -0.25) is 4.98 Å². The van der Waals surface area contributed by atoms with Crippen LogP contribution < -0.4 is 4.74 Å². The molecule has 0 aliphatic heterocycles. The number of aromatic nitrogens is 1. The second-order valence-electron chi connectivity index (χ2n) is 2.79. The summed E-state index contributed by atoms with van der Waals surface area (Å²) in [6.45, 7) is 1.37. The summed E-state index contributed by atoms with van der Waals surface area (Å²) >= 11 is 0. The third-order valence-corrected chi connectivity index (χ3v) is 2.00. The van der Waals surface area contributed by atoms with Crippen LogP contribution in [0.25, 0.3) is 0 Å². The highest BCUT2D eigenvalue weighted by atomic mass is 19.3. The first kappa shape index (κ1) is 10.8. The Kier molecular flexibility index (Phi) is 3.35. The van der Waals surface area contributed by atoms with Crippen LogP contribution in [-0.2, 0) is 6.61 Å². The Hall–Kier alpha value is -1.23. The van der Waals surface area contributed by atoms with Crippen LogP contribution >= 0.6 is 0 Å². The lowest BCUT2D eigenvalue weighted by molar-refractivity contribution is 0.141. The lowest BCUT2D eigenvalue weighted by Crippen LogP contribution is -2.02. The fourth-order valence-corrected chi connectivity index (χ4v) is 1.21. The van der Waals surface area contributed by atoms with Gasteiger partial charge in [-0.2, -0.15) is 0 Å². The second kappa shape index (κ2) is 4.32. The summed E-state index contributed by atoms with van der Waals surface area (Å²) in [6, 6.07) is 0. The smallest absolute Gasteiger partial charge is 0.284 e. The molecule has 14 heavy (non-hydrogen) atoms. The van der Waals surface area contributed by atoms with Crippen molar-refractivity contribution in [2.45, 2.75) is 20.0 Å². The van der Waals surface area contributed by atoms with Crippen LogP contribution in [0, 0.1) is 6.92 Å². The largest absolute Gasteiger partial charge is 0.494 e. The van der Waals surface area contributed by atoms with Crippen molar-refractivity contribution in [3.63, 3.8) is 0 Å². The SMILES string of the molecule is COc1c(C(F)F)ncc(CO)c1C. The molecular weight excluding hydrogens is 192 g/mol. The average Bonchev–Trinajstić information content (AvgIpc) is 2.17. The zero-order chi connectivity index (χ0) is 10.7. The van der Waals surface area contributed by atoms with Gasteiger partial charge in [0, 0.05) is 17.3 Å². The zero-order valence-electron chi connectivity index (χ0n) is 7.92. The molecule has 5 heteroatoms. The minimum absolute atomic E-state index is 0.0477. The van der Waals surface area contributed by atoms with Crippen molar-refractivity contribution in [3.05, 3.63) is 23.0 Å². The third-order valence-electron chi connectivity index (χ3n) is 2.00. The normalized spacial score (nSPS) is 10.7. The molecule has 78 valence electrons. The highest BCUT2D eigenvalue weighted by Crippen LogP contribution is 2.31. The molecule has 0 saturated heterocycles. The minimum atomic E-state index is -2.67. The number of rotatable bonds is 3. The van der Waals surface area contributed by atoms with E-state index >= 15 is 0 Å². The molecule has 0 aromatic carbocycles. The van der Waals surface area contributed by atoms with Gasteiger partial charge in [-0.1, -0.05) is 0 Å². The summed E-state index contributed by atoms with van der Waals surface area (Å²) in [5.74, 6) is 0.0477. The lowest BCUT2D eigenvalue weighted by Gasteiger charge is -2.12. The van der Waals surface area contributed by atoms with Gasteiger partial charge in [0.05, 0.1) is 13.7 Å². The summed E-state index contributed by atoms with van der Waals surface area (Å²) in [5, 5.41) is 8.88. The third kappa shape index (κ3) is 1.82. The van der Waals surface area contributed by atoms with Crippen molar-refractivity contribution >= 4 is 0 Å². The highest BCUT2D eigenvalue weighted by Gasteiger charge is 2.19. The van der Waals surface area contributed by atoms with E-state index in [9.17, 15) is 8.78 Å². The topological polar surface area (TPSA) is 42.4 Å². The molecular formula is C9H11F2NO2. The average molecular weight is 203 g/mol. The van der Waals surface area contributed by atoms with Gasteiger partial charge < -0.3 is 9.84 Å². The Balaban J connectivity index is 3.28. The summed E-state index contributed by atoms with van der Waals surface area (Å²) in [4.78, 5) is 3.55. The summed E-state index contributed by atoms with van der Waals surface area (Å²) in [6.07, 6.45) is -1.43. The van der Waals surface area contributed by atoms with Gasteiger partial charge in [0.15, 0.2) is 0 Å². The number of hydrogen-bond donors (Lipinski definition) is 1. The number of nitrogens with zero attached hydrogens (tertiary/aromatic N) is 1. The molecule has 0 saturated carbocycles. The van der Waals surface area contributed by atoms with Crippen molar-refractivity contribution < 1.29 is 18.6 Å². The first-order chi connectivity index (χ1) is 6.61. The molecule has 0 radical (unpaired) electrons. The van der Waals surface area contributed by atoms with Gasteiger partial charge in [0.2, 0.25) is 0 Å². The van der Waals surface area contributed by atoms with Crippen LogP contribution in [-0.4, -0.2) is 17.2 Å². The van der Waals surface area contributed by atoms with Crippen LogP contribution in [0.1, 0.15) is 23.2 Å². The molecule has 0 aliphatic carbocycles. The van der Waals surface area contributed by atoms with E-state index in [1.165, 1.54) is 13.3 Å². The molecule has 0 fully saturated rings. The van der Waals surface area contributed by atoms with E-state index < -0.39 is 6.43 Å². The maximum atomic E-state index is 12.4. The van der Waals surface area contributed by atoms with Crippen molar-refractivity contribution in [2.24, 2.45) is 0 Å². The molecule has 0 aliphatic rings. The zero-order valence-corrected chi connectivity index (χ0v) is 7.92. The predicted octanol–water partition coefficient (Wildman–Crippen LogP) is 1.83. The Bertz CT molecular complexity index is 329. The molecule has 0 spiro atoms. The maximum absolute atomic E-state index is 12.4. The molecule has 1 aromatic rings. The fraction of sp³-hybridized carbons (Fsp3) is 0.444. The number of hydrogen-bond acceptors (Lipinski definition) is 3. The number of halogens is 2. The van der Waals surface area contributed by atoms with E-state index in [4.69, 9.17) is 9.84 Å². The van der Waals surface area contributed by atoms with Crippen LogP contribution in [0.3, 0.4) is 0 Å². The number of aliphatic hydroxyl groups is 1. The Labute approximate surface area is 80.3 Å². The maximum Gasteiger partial charge on any atom is 0.284 e. The summed E-state index contributed by atoms with van der Waals surface area (Å²) in [5.41, 5.74) is 0.605. The van der Waals surface area contributed by atoms with Gasteiger partial charge in [-0.05, 0) is 6.92 Å². The summed E-state index contributed by atoms with van der Waals surface area (Å²) in [7, 11) is 1.30. The highest BCUT2D eigenvalue weighted by molar-refractivity contribution is 5.41. The van der Waals surface area contributed by atoms with Crippen molar-refractivity contribution in [3.8, 4) is 5.75 Å². The van der Waals surface area contributed by atoms with E-state index in [0.717, 1.165) is 0 Å². The van der Waals surface area contributed by atoms with Gasteiger partial charge >= 0.3 is 0 Å². The molecule has 3 nitrogen and oxygen atoms in total. The van der Waals surface area contributed by atoms with Crippen LogP contribution in [0.5, 0.6) is 5.75 Å². The van der Waals surface area contributed by atoms with Gasteiger partial charge in [0.25, 0.3) is 6.43 Å². The Morgan fingerprint density at radius 3 is 2.64 bits per heavy atom. The first-order valence-corrected chi connectivity index (χ1v) is 4.03. The minimum Gasteiger partial charge on any atom is -0.494 e. The number of ether oxygens (including phenoxy) is 1. The van der Waals surface area contributed by atoms with Gasteiger partial charge in [-0.25, -0.2) is 8.78 Å². The van der Waals surface area contributed by atoms with E-state index in [0.29, 0.717) is 11.1 Å². The van der Waals surface area contributed by atoms with Crippen molar-refractivity contribution in [1.29, 1.82) is 0 Å². The number of alkyl halides is 2. The summed E-state index contributed by atoms with van der Waals surface area (Å²) < 4.78 is 29.7. The lowest BCUT2D eigenvalue weighted by atomic mass is 10.1. The van der Waals surface area contributed by atoms with Gasteiger partial charge in [-0.15, -0.1) is 0 Å². The monoisotopic (exact) mass is 203 g/mol. The number of pyridine rings is 1. The molecule has 0 bridgehead atoms. The van der Waals surface area contributed by atoms with Crippen molar-refractivity contribution in [2.75, 3.05) is 7.11 Å². The molecule has 1 aromatic heterocycles. The Morgan fingerprint density at radius 2 is 2.21 bits per heavy atom. The van der Waals surface area contributed by atoms with E-state index in [-0.39, 0.29) is 18.1 Å². The van der Waals surface area contributed by atoms with Gasteiger partial charge in [0.1, 0.15) is 11.4 Å². The van der Waals surface area contributed by atoms with Crippen LogP contribution in [0.4, 0.5) is 8.78 Å². The van der Waals surface area contributed by atoms with E-state index in [1.54, 1.807) is 6.92 Å². The molecule has 1 heterocycles. The molecule has 1 rings (SSSR count). The van der Waals surface area contributed by atoms with Crippen molar-refractivity contribution in [1.82, 2.24) is 4.98 Å². The Morgan fingerprint density at radius 1 is 1.57 bits per heavy atom. The number of aliphatic hydroxyl groups excluding tert-OH is 1. The standard InChI is InChI=1S/C9H11F2NO2/c1-5-6(4-13)3-12-7(9(10)11)8(5)14-2/h3,9,13H,4H2,1-2H3. The van der Waals surface area contributed by atoms with E-state index in [2.05, 4.69) is 4.98 Å². The molecule has 0 atom stereocenters. The molecule has 1 N–H and O–H groups in total. The van der Waals surface area contributed by atoms with Crippen LogP contribution in [0.15, 0.2) is 6.20 Å². The molecule has 0 amide bonds. The van der Waals surface area contributed by atoms with Crippen LogP contribution in [0.2, 0.25) is 0 Å². The fourth-order valence-electron chi connectivity index (χ4n) is 1.21.